The number of nitrogens with one attached hydrogen (secondary N) is 1. The van der Waals surface area contributed by atoms with Crippen LogP contribution >= 0.6 is 23.8 Å². The molecule has 0 bridgehead atoms. The maximum absolute atomic E-state index is 6.18. The quantitative estimate of drug-likeness (QED) is 0.549. The number of ether oxygens (including phenoxy) is 2. The Bertz CT molecular complexity index is 1080. The number of H-pyrrole nitrogens is 1. The maximum atomic E-state index is 6.18. The van der Waals surface area contributed by atoms with Gasteiger partial charge in [-0.15, -0.1) is 0 Å². The largest absolute Gasteiger partial charge is 0.497 e. The second-order valence-electron chi connectivity index (χ2n) is 7.43. The Morgan fingerprint density at radius 3 is 2.58 bits per heavy atom. The van der Waals surface area contributed by atoms with Crippen molar-refractivity contribution in [3.05, 3.63) is 52.3 Å². The molecule has 1 aliphatic rings. The smallest absolute Gasteiger partial charge is 0.217 e. The van der Waals surface area contributed by atoms with Crippen LogP contribution in [0.25, 0.3) is 11.4 Å². The molecule has 7 nitrogen and oxygen atoms in total. The van der Waals surface area contributed by atoms with Gasteiger partial charge in [-0.3, -0.25) is 10.00 Å². The summed E-state index contributed by atoms with van der Waals surface area (Å²) in [6, 6.07) is 13.7. The minimum absolute atomic E-state index is 0.508. The number of nitrogens with zero attached hydrogens (tertiary/aromatic N) is 4. The van der Waals surface area contributed by atoms with Crippen LogP contribution in [0.4, 0.5) is 5.69 Å². The molecule has 0 atom stereocenters. The lowest BCUT2D eigenvalue weighted by molar-refractivity contribution is 0.220. The lowest BCUT2D eigenvalue weighted by Crippen LogP contribution is -2.32. The van der Waals surface area contributed by atoms with Gasteiger partial charge in [0.05, 0.1) is 26.5 Å². The van der Waals surface area contributed by atoms with Crippen molar-refractivity contribution in [2.75, 3.05) is 45.3 Å². The van der Waals surface area contributed by atoms with Crippen LogP contribution < -0.4 is 14.4 Å². The summed E-state index contributed by atoms with van der Waals surface area (Å²) < 4.78 is 13.1. The second-order valence-corrected chi connectivity index (χ2v) is 8.23. The van der Waals surface area contributed by atoms with E-state index in [2.05, 4.69) is 32.0 Å². The number of hydrogen-bond donors (Lipinski definition) is 1. The first-order valence-electron chi connectivity index (χ1n) is 10.2. The molecule has 0 amide bonds. The fourth-order valence-electron chi connectivity index (χ4n) is 3.80. The molecule has 0 spiro atoms. The monoisotopic (exact) mass is 459 g/mol. The molecule has 1 saturated heterocycles. The highest BCUT2D eigenvalue weighted by molar-refractivity contribution is 7.71. The topological polar surface area (TPSA) is 58.5 Å². The Kier molecular flexibility index (Phi) is 6.80. The van der Waals surface area contributed by atoms with Crippen LogP contribution in [0.15, 0.2) is 42.5 Å². The van der Waals surface area contributed by atoms with Crippen molar-refractivity contribution in [1.29, 1.82) is 0 Å². The molecular formula is C22H26ClN5O2S. The third-order valence-electron chi connectivity index (χ3n) is 5.46. The zero-order valence-electron chi connectivity index (χ0n) is 17.7. The molecule has 9 heteroatoms. The van der Waals surface area contributed by atoms with E-state index in [9.17, 15) is 0 Å². The standard InChI is InChI=1S/C22H26ClN5O2S/c1-29-18-7-5-17(6-8-18)27-11-3-10-26(12-13-27)15-28-22(31)24-21(25-28)19-14-16(23)4-9-20(19)30-2/h4-9,14H,3,10-13,15H2,1-2H3,(H,24,25,31). The molecule has 1 aromatic heterocycles. The number of rotatable bonds is 6. The summed E-state index contributed by atoms with van der Waals surface area (Å²) in [7, 11) is 3.32. The number of hydrogen-bond acceptors (Lipinski definition) is 6. The lowest BCUT2D eigenvalue weighted by Gasteiger charge is -2.24. The summed E-state index contributed by atoms with van der Waals surface area (Å²) in [6.45, 7) is 4.54. The van der Waals surface area contributed by atoms with Gasteiger partial charge in [-0.25, -0.2) is 4.68 Å². The Morgan fingerprint density at radius 1 is 1.03 bits per heavy atom. The first kappa shape index (κ1) is 21.7. The number of anilines is 1. The Hall–Kier alpha value is -2.55. The van der Waals surface area contributed by atoms with Gasteiger partial charge in [-0.1, -0.05) is 11.6 Å². The third kappa shape index (κ3) is 5.03. The molecule has 0 radical (unpaired) electrons. The summed E-state index contributed by atoms with van der Waals surface area (Å²) >= 11 is 11.7. The average molecular weight is 460 g/mol. The van der Waals surface area contributed by atoms with Crippen molar-refractivity contribution in [2.24, 2.45) is 0 Å². The van der Waals surface area contributed by atoms with Crippen molar-refractivity contribution in [2.45, 2.75) is 13.1 Å². The predicted molar refractivity (Wildman–Crippen MR) is 126 cm³/mol. The molecule has 2 heterocycles. The second kappa shape index (κ2) is 9.72. The molecule has 0 aliphatic carbocycles. The van der Waals surface area contributed by atoms with E-state index in [1.165, 1.54) is 5.69 Å². The zero-order valence-corrected chi connectivity index (χ0v) is 19.2. The number of aromatic amines is 1. The molecule has 0 saturated carbocycles. The highest BCUT2D eigenvalue weighted by Crippen LogP contribution is 2.30. The van der Waals surface area contributed by atoms with Gasteiger partial charge in [0.15, 0.2) is 5.82 Å². The summed E-state index contributed by atoms with van der Waals surface area (Å²) in [5.74, 6) is 2.23. The van der Waals surface area contributed by atoms with E-state index in [1.807, 2.05) is 28.9 Å². The molecule has 1 fully saturated rings. The van der Waals surface area contributed by atoms with E-state index in [-0.39, 0.29) is 0 Å². The number of halogens is 1. The molecular weight excluding hydrogens is 434 g/mol. The van der Waals surface area contributed by atoms with Crippen LogP contribution in [0.1, 0.15) is 6.42 Å². The van der Waals surface area contributed by atoms with E-state index in [0.29, 0.717) is 28.0 Å². The van der Waals surface area contributed by atoms with Crippen molar-refractivity contribution < 1.29 is 9.47 Å². The van der Waals surface area contributed by atoms with Gasteiger partial charge in [0.25, 0.3) is 0 Å². The van der Waals surface area contributed by atoms with Crippen LogP contribution in [0.3, 0.4) is 0 Å². The van der Waals surface area contributed by atoms with Gasteiger partial charge in [0.1, 0.15) is 11.5 Å². The predicted octanol–water partition coefficient (Wildman–Crippen LogP) is 4.45. The van der Waals surface area contributed by atoms with Gasteiger partial charge in [0, 0.05) is 36.9 Å². The van der Waals surface area contributed by atoms with E-state index in [1.54, 1.807) is 20.3 Å². The van der Waals surface area contributed by atoms with Crippen LogP contribution in [0.5, 0.6) is 11.5 Å². The van der Waals surface area contributed by atoms with Gasteiger partial charge in [0.2, 0.25) is 4.77 Å². The minimum atomic E-state index is 0.508. The van der Waals surface area contributed by atoms with Crippen molar-refractivity contribution >= 4 is 29.5 Å². The summed E-state index contributed by atoms with van der Waals surface area (Å²) in [4.78, 5) is 9.33. The highest BCUT2D eigenvalue weighted by atomic mass is 35.5. The molecule has 2 aromatic carbocycles. The van der Waals surface area contributed by atoms with E-state index in [4.69, 9.17) is 33.3 Å². The Morgan fingerprint density at radius 2 is 1.84 bits per heavy atom. The fraction of sp³-hybridized carbons (Fsp3) is 0.364. The number of benzene rings is 2. The highest BCUT2D eigenvalue weighted by Gasteiger charge is 2.17. The Labute approximate surface area is 192 Å². The molecule has 31 heavy (non-hydrogen) atoms. The first-order valence-corrected chi connectivity index (χ1v) is 11.0. The van der Waals surface area contributed by atoms with Crippen molar-refractivity contribution in [3.63, 3.8) is 0 Å². The summed E-state index contributed by atoms with van der Waals surface area (Å²) in [6.07, 6.45) is 1.07. The number of aromatic nitrogens is 3. The van der Waals surface area contributed by atoms with E-state index in [0.717, 1.165) is 43.9 Å². The van der Waals surface area contributed by atoms with Gasteiger partial charge >= 0.3 is 0 Å². The van der Waals surface area contributed by atoms with Crippen molar-refractivity contribution in [3.8, 4) is 22.9 Å². The van der Waals surface area contributed by atoms with Crippen LogP contribution in [-0.2, 0) is 6.67 Å². The fourth-order valence-corrected chi connectivity index (χ4v) is 4.17. The molecule has 0 unspecified atom stereocenters. The van der Waals surface area contributed by atoms with Gasteiger partial charge in [-0.05, 0) is 61.1 Å². The molecule has 1 N–H and O–H groups in total. The lowest BCUT2D eigenvalue weighted by atomic mass is 10.2. The van der Waals surface area contributed by atoms with Crippen LogP contribution in [0, 0.1) is 4.77 Å². The first-order chi connectivity index (χ1) is 15.1. The van der Waals surface area contributed by atoms with Crippen LogP contribution in [0.2, 0.25) is 5.02 Å². The summed E-state index contributed by atoms with van der Waals surface area (Å²) in [5, 5.41) is 3.94. The number of methoxy groups -OCH3 is 2. The molecule has 164 valence electrons. The molecule has 1 aliphatic heterocycles. The molecule has 3 aromatic rings. The van der Waals surface area contributed by atoms with Gasteiger partial charge in [-0.2, -0.15) is 4.98 Å². The summed E-state index contributed by atoms with van der Waals surface area (Å²) in [5.41, 5.74) is 2.01. The van der Waals surface area contributed by atoms with E-state index < -0.39 is 0 Å². The third-order valence-corrected chi connectivity index (χ3v) is 6.01. The van der Waals surface area contributed by atoms with E-state index >= 15 is 0 Å². The van der Waals surface area contributed by atoms with Gasteiger partial charge < -0.3 is 14.4 Å². The zero-order chi connectivity index (χ0) is 21.8. The maximum Gasteiger partial charge on any atom is 0.217 e. The van der Waals surface area contributed by atoms with Crippen LogP contribution in [-0.4, -0.2) is 60.1 Å². The molecule has 4 rings (SSSR count). The average Bonchev–Trinajstić information content (AvgIpc) is 2.99. The normalized spacial score (nSPS) is 15.0. The Balaban J connectivity index is 1.45. The SMILES string of the molecule is COc1ccc(N2CCCN(Cn3[nH]c(-c4cc(Cl)ccc4OC)nc3=S)CC2)cc1. The van der Waals surface area contributed by atoms with Crippen molar-refractivity contribution in [1.82, 2.24) is 19.7 Å². The minimum Gasteiger partial charge on any atom is -0.497 e.